The molecule has 22 heavy (non-hydrogen) atoms. The molecule has 0 aliphatic heterocycles. The molecule has 2 aromatic carbocycles. The number of halogens is 1. The van der Waals surface area contributed by atoms with Crippen LogP contribution in [0.2, 0.25) is 5.02 Å². The number of carbonyl (C=O) groups excluding carboxylic acids is 2. The number of carbonyl (C=O) groups is 2. The van der Waals surface area contributed by atoms with Gasteiger partial charge in [-0.3, -0.25) is 9.59 Å². The van der Waals surface area contributed by atoms with E-state index in [4.69, 9.17) is 11.6 Å². The molecule has 2 aromatic rings. The summed E-state index contributed by atoms with van der Waals surface area (Å²) >= 11 is 6.03. The molecule has 2 rings (SSSR count). The van der Waals surface area contributed by atoms with Gasteiger partial charge in [-0.1, -0.05) is 35.9 Å². The highest BCUT2D eigenvalue weighted by atomic mass is 35.5. The maximum Gasteiger partial charge on any atom is 0.244 e. The first-order valence-corrected chi connectivity index (χ1v) is 7.25. The molecule has 0 saturated carbocycles. The molecule has 0 fully saturated rings. The SMILES string of the molecule is CC(=O)N(CC(=O)Nc1cccc(Cl)c1C)c1ccccc1. The maximum absolute atomic E-state index is 12.2. The number of rotatable bonds is 4. The molecular weight excluding hydrogens is 300 g/mol. The molecule has 0 saturated heterocycles. The van der Waals surface area contributed by atoms with Crippen molar-refractivity contribution in [3.8, 4) is 0 Å². The Kier molecular flexibility index (Phi) is 5.17. The van der Waals surface area contributed by atoms with Gasteiger partial charge in [0.05, 0.1) is 0 Å². The maximum atomic E-state index is 12.2. The summed E-state index contributed by atoms with van der Waals surface area (Å²) in [5, 5.41) is 3.38. The minimum Gasteiger partial charge on any atom is -0.324 e. The van der Waals surface area contributed by atoms with Gasteiger partial charge < -0.3 is 10.2 Å². The van der Waals surface area contributed by atoms with Crippen LogP contribution in [0.5, 0.6) is 0 Å². The summed E-state index contributed by atoms with van der Waals surface area (Å²) in [6.07, 6.45) is 0. The summed E-state index contributed by atoms with van der Waals surface area (Å²) in [5.74, 6) is -0.464. The number of nitrogens with zero attached hydrogens (tertiary/aromatic N) is 1. The summed E-state index contributed by atoms with van der Waals surface area (Å²) in [6, 6.07) is 14.4. The molecule has 1 N–H and O–H groups in total. The van der Waals surface area contributed by atoms with Crippen LogP contribution in [0, 0.1) is 6.92 Å². The van der Waals surface area contributed by atoms with Gasteiger partial charge in [-0.05, 0) is 36.8 Å². The van der Waals surface area contributed by atoms with Crippen LogP contribution in [0.4, 0.5) is 11.4 Å². The van der Waals surface area contributed by atoms with Gasteiger partial charge in [0.25, 0.3) is 0 Å². The molecule has 0 bridgehead atoms. The summed E-state index contributed by atoms with van der Waals surface area (Å²) in [6.45, 7) is 3.22. The fourth-order valence-corrected chi connectivity index (χ4v) is 2.24. The second kappa shape index (κ2) is 7.09. The topological polar surface area (TPSA) is 49.4 Å². The molecule has 4 nitrogen and oxygen atoms in total. The van der Waals surface area contributed by atoms with E-state index in [0.717, 1.165) is 5.56 Å². The van der Waals surface area contributed by atoms with E-state index >= 15 is 0 Å². The molecule has 114 valence electrons. The largest absolute Gasteiger partial charge is 0.324 e. The molecule has 0 radical (unpaired) electrons. The number of amides is 2. The van der Waals surface area contributed by atoms with E-state index in [2.05, 4.69) is 5.32 Å². The number of anilines is 2. The Morgan fingerprint density at radius 1 is 1.09 bits per heavy atom. The summed E-state index contributed by atoms with van der Waals surface area (Å²) in [5.41, 5.74) is 2.13. The first-order chi connectivity index (χ1) is 10.5. The van der Waals surface area contributed by atoms with Crippen molar-refractivity contribution < 1.29 is 9.59 Å². The van der Waals surface area contributed by atoms with E-state index in [1.165, 1.54) is 11.8 Å². The predicted molar refractivity (Wildman–Crippen MR) is 89.3 cm³/mol. The Hall–Kier alpha value is -2.33. The molecule has 0 atom stereocenters. The van der Waals surface area contributed by atoms with Crippen LogP contribution < -0.4 is 10.2 Å². The zero-order valence-electron chi connectivity index (χ0n) is 12.5. The van der Waals surface area contributed by atoms with Gasteiger partial charge in [-0.15, -0.1) is 0 Å². The number of hydrogen-bond donors (Lipinski definition) is 1. The fourth-order valence-electron chi connectivity index (χ4n) is 2.07. The number of nitrogens with one attached hydrogen (secondary N) is 1. The first-order valence-electron chi connectivity index (χ1n) is 6.87. The van der Waals surface area contributed by atoms with Crippen molar-refractivity contribution in [2.75, 3.05) is 16.8 Å². The van der Waals surface area contributed by atoms with Gasteiger partial charge >= 0.3 is 0 Å². The molecular formula is C17H17ClN2O2. The van der Waals surface area contributed by atoms with E-state index in [1.54, 1.807) is 30.3 Å². The van der Waals surface area contributed by atoms with Crippen LogP contribution in [0.3, 0.4) is 0 Å². The fraction of sp³-hybridized carbons (Fsp3) is 0.176. The van der Waals surface area contributed by atoms with E-state index in [-0.39, 0.29) is 18.4 Å². The normalized spacial score (nSPS) is 10.1. The van der Waals surface area contributed by atoms with Gasteiger partial charge in [0, 0.05) is 23.3 Å². The van der Waals surface area contributed by atoms with Gasteiger partial charge in [0.15, 0.2) is 0 Å². The third-order valence-electron chi connectivity index (χ3n) is 3.29. The highest BCUT2D eigenvalue weighted by Crippen LogP contribution is 2.23. The quantitative estimate of drug-likeness (QED) is 0.936. The van der Waals surface area contributed by atoms with Crippen LogP contribution in [-0.4, -0.2) is 18.4 Å². The Bertz CT molecular complexity index is 686. The van der Waals surface area contributed by atoms with E-state index < -0.39 is 0 Å². The third-order valence-corrected chi connectivity index (χ3v) is 3.70. The molecule has 2 amide bonds. The van der Waals surface area contributed by atoms with Crippen LogP contribution in [0.1, 0.15) is 12.5 Å². The first kappa shape index (κ1) is 16.0. The van der Waals surface area contributed by atoms with Crippen molar-refractivity contribution in [1.29, 1.82) is 0 Å². The molecule has 0 spiro atoms. The zero-order chi connectivity index (χ0) is 16.1. The number of hydrogen-bond acceptors (Lipinski definition) is 2. The molecule has 5 heteroatoms. The van der Waals surface area contributed by atoms with Gasteiger partial charge in [0.2, 0.25) is 11.8 Å². The van der Waals surface area contributed by atoms with Gasteiger partial charge in [0.1, 0.15) is 6.54 Å². The van der Waals surface area contributed by atoms with E-state index in [1.807, 2.05) is 25.1 Å². The Labute approximate surface area is 134 Å². The van der Waals surface area contributed by atoms with Crippen LogP contribution in [0.15, 0.2) is 48.5 Å². The lowest BCUT2D eigenvalue weighted by Gasteiger charge is -2.21. The Morgan fingerprint density at radius 3 is 2.41 bits per heavy atom. The minimum atomic E-state index is -0.274. The molecule has 0 aliphatic rings. The Morgan fingerprint density at radius 2 is 1.77 bits per heavy atom. The molecule has 0 aliphatic carbocycles. The van der Waals surface area contributed by atoms with E-state index in [9.17, 15) is 9.59 Å². The minimum absolute atomic E-state index is 0.0503. The lowest BCUT2D eigenvalue weighted by Crippen LogP contribution is -2.36. The van der Waals surface area contributed by atoms with Crippen molar-refractivity contribution in [3.05, 3.63) is 59.1 Å². The van der Waals surface area contributed by atoms with Crippen molar-refractivity contribution in [2.45, 2.75) is 13.8 Å². The van der Waals surface area contributed by atoms with Crippen LogP contribution >= 0.6 is 11.6 Å². The molecule has 0 unspecified atom stereocenters. The molecule has 0 heterocycles. The monoisotopic (exact) mass is 316 g/mol. The average Bonchev–Trinajstić information content (AvgIpc) is 2.50. The van der Waals surface area contributed by atoms with E-state index in [0.29, 0.717) is 16.4 Å². The van der Waals surface area contributed by atoms with Gasteiger partial charge in [-0.2, -0.15) is 0 Å². The highest BCUT2D eigenvalue weighted by Gasteiger charge is 2.16. The average molecular weight is 317 g/mol. The number of para-hydroxylation sites is 1. The zero-order valence-corrected chi connectivity index (χ0v) is 13.2. The standard InChI is InChI=1S/C17H17ClN2O2/c1-12-15(18)9-6-10-16(12)19-17(22)11-20(13(2)21)14-7-4-3-5-8-14/h3-10H,11H2,1-2H3,(H,19,22). The van der Waals surface area contributed by atoms with Crippen LogP contribution in [0.25, 0.3) is 0 Å². The summed E-state index contributed by atoms with van der Waals surface area (Å²) < 4.78 is 0. The lowest BCUT2D eigenvalue weighted by molar-refractivity contribution is -0.120. The van der Waals surface area contributed by atoms with Crippen molar-refractivity contribution in [2.24, 2.45) is 0 Å². The van der Waals surface area contributed by atoms with Crippen molar-refractivity contribution >= 4 is 34.8 Å². The second-order valence-corrected chi connectivity index (χ2v) is 5.31. The second-order valence-electron chi connectivity index (χ2n) is 4.90. The third kappa shape index (κ3) is 3.86. The molecule has 0 aromatic heterocycles. The highest BCUT2D eigenvalue weighted by molar-refractivity contribution is 6.31. The van der Waals surface area contributed by atoms with Crippen LogP contribution in [-0.2, 0) is 9.59 Å². The van der Waals surface area contributed by atoms with Crippen molar-refractivity contribution in [1.82, 2.24) is 0 Å². The predicted octanol–water partition coefficient (Wildman–Crippen LogP) is 3.64. The van der Waals surface area contributed by atoms with Gasteiger partial charge in [-0.25, -0.2) is 0 Å². The summed E-state index contributed by atoms with van der Waals surface area (Å²) in [7, 11) is 0. The summed E-state index contributed by atoms with van der Waals surface area (Å²) in [4.78, 5) is 25.4. The lowest BCUT2D eigenvalue weighted by atomic mass is 10.2. The number of benzene rings is 2. The Balaban J connectivity index is 2.12. The van der Waals surface area contributed by atoms with Crippen molar-refractivity contribution in [3.63, 3.8) is 0 Å². The smallest absolute Gasteiger partial charge is 0.244 e.